The van der Waals surface area contributed by atoms with E-state index in [9.17, 15) is 5.11 Å². The first-order chi connectivity index (χ1) is 8.45. The molecule has 3 N–H and O–H groups in total. The molecule has 0 aromatic heterocycles. The molecule has 0 aliphatic rings. The number of rotatable bonds is 6. The van der Waals surface area contributed by atoms with E-state index >= 15 is 0 Å². The summed E-state index contributed by atoms with van der Waals surface area (Å²) in [6, 6.07) is 6.44. The summed E-state index contributed by atoms with van der Waals surface area (Å²) in [5.41, 5.74) is 9.88. The van der Waals surface area contributed by atoms with Gasteiger partial charge in [-0.2, -0.15) is 0 Å². The Balaban J connectivity index is 2.64. The van der Waals surface area contributed by atoms with Crippen LogP contribution in [0.25, 0.3) is 0 Å². The number of aliphatic hydroxyl groups is 1. The first-order valence-electron chi connectivity index (χ1n) is 6.96. The largest absolute Gasteiger partial charge is 0.391 e. The zero-order valence-corrected chi connectivity index (χ0v) is 12.1. The van der Waals surface area contributed by atoms with Crippen molar-refractivity contribution in [2.45, 2.75) is 65.0 Å². The lowest BCUT2D eigenvalue weighted by atomic mass is 9.90. The van der Waals surface area contributed by atoms with E-state index in [0.717, 1.165) is 19.3 Å². The van der Waals surface area contributed by atoms with Crippen molar-refractivity contribution in [3.05, 3.63) is 34.9 Å². The Labute approximate surface area is 111 Å². The van der Waals surface area contributed by atoms with Gasteiger partial charge in [0.2, 0.25) is 0 Å². The van der Waals surface area contributed by atoms with Gasteiger partial charge in [-0.25, -0.2) is 0 Å². The van der Waals surface area contributed by atoms with Crippen molar-refractivity contribution in [1.29, 1.82) is 0 Å². The summed E-state index contributed by atoms with van der Waals surface area (Å²) in [4.78, 5) is 0. The van der Waals surface area contributed by atoms with Crippen LogP contribution in [-0.2, 0) is 0 Å². The lowest BCUT2D eigenvalue weighted by Crippen LogP contribution is -2.35. The van der Waals surface area contributed by atoms with E-state index in [1.165, 1.54) is 16.7 Å². The van der Waals surface area contributed by atoms with Crippen LogP contribution in [0.3, 0.4) is 0 Å². The molecule has 2 heteroatoms. The predicted octanol–water partition coefficient (Wildman–Crippen LogP) is 3.29. The monoisotopic (exact) mass is 249 g/mol. The maximum atomic E-state index is 10.1. The summed E-state index contributed by atoms with van der Waals surface area (Å²) in [6.07, 6.45) is 2.25. The van der Waals surface area contributed by atoms with Gasteiger partial charge in [-0.3, -0.25) is 0 Å². The maximum absolute atomic E-state index is 10.1. The van der Waals surface area contributed by atoms with Crippen LogP contribution in [-0.4, -0.2) is 17.3 Å². The fourth-order valence-corrected chi connectivity index (χ4v) is 2.27. The minimum atomic E-state index is -0.401. The van der Waals surface area contributed by atoms with Crippen molar-refractivity contribution in [2.24, 2.45) is 5.73 Å². The van der Waals surface area contributed by atoms with Gasteiger partial charge in [-0.15, -0.1) is 0 Å². The highest BCUT2D eigenvalue weighted by Gasteiger charge is 2.18. The van der Waals surface area contributed by atoms with Crippen molar-refractivity contribution in [3.8, 4) is 0 Å². The molecule has 0 aliphatic heterocycles. The highest BCUT2D eigenvalue weighted by Crippen LogP contribution is 2.24. The van der Waals surface area contributed by atoms with Gasteiger partial charge in [0.05, 0.1) is 6.10 Å². The number of nitrogens with two attached hydrogens (primary N) is 1. The first kappa shape index (κ1) is 15.2. The Bertz CT molecular complexity index is 375. The van der Waals surface area contributed by atoms with Crippen molar-refractivity contribution in [2.75, 3.05) is 0 Å². The van der Waals surface area contributed by atoms with Crippen LogP contribution in [0.2, 0.25) is 0 Å². The van der Waals surface area contributed by atoms with Gasteiger partial charge in [0.1, 0.15) is 0 Å². The van der Waals surface area contributed by atoms with E-state index in [-0.39, 0.29) is 6.04 Å². The second-order valence-electron chi connectivity index (χ2n) is 5.50. The van der Waals surface area contributed by atoms with Gasteiger partial charge >= 0.3 is 0 Å². The van der Waals surface area contributed by atoms with Crippen LogP contribution in [0.5, 0.6) is 0 Å². The molecule has 3 unspecified atom stereocenters. The van der Waals surface area contributed by atoms with Crippen molar-refractivity contribution < 1.29 is 5.11 Å². The molecule has 0 amide bonds. The zero-order valence-electron chi connectivity index (χ0n) is 12.1. The minimum absolute atomic E-state index is 0.0935. The number of hydrogen-bond acceptors (Lipinski definition) is 2. The highest BCUT2D eigenvalue weighted by atomic mass is 16.3. The third-order valence-electron chi connectivity index (χ3n) is 3.81. The molecule has 0 aliphatic carbocycles. The fourth-order valence-electron chi connectivity index (χ4n) is 2.27. The summed E-state index contributed by atoms with van der Waals surface area (Å²) < 4.78 is 0. The van der Waals surface area contributed by atoms with Gasteiger partial charge in [0.25, 0.3) is 0 Å². The summed E-state index contributed by atoms with van der Waals surface area (Å²) in [5, 5.41) is 10.1. The quantitative estimate of drug-likeness (QED) is 0.812. The lowest BCUT2D eigenvalue weighted by molar-refractivity contribution is 0.124. The smallest absolute Gasteiger partial charge is 0.0696 e. The van der Waals surface area contributed by atoms with Crippen LogP contribution < -0.4 is 5.73 Å². The Morgan fingerprint density at radius 3 is 2.44 bits per heavy atom. The van der Waals surface area contributed by atoms with E-state index in [1.807, 2.05) is 0 Å². The van der Waals surface area contributed by atoms with Gasteiger partial charge in [-0.1, -0.05) is 38.5 Å². The van der Waals surface area contributed by atoms with Crippen LogP contribution in [0.4, 0.5) is 0 Å². The Morgan fingerprint density at radius 2 is 1.89 bits per heavy atom. The molecule has 102 valence electrons. The molecule has 0 heterocycles. The molecule has 2 nitrogen and oxygen atoms in total. The average Bonchev–Trinajstić information content (AvgIpc) is 2.32. The number of aliphatic hydroxyl groups excluding tert-OH is 1. The van der Waals surface area contributed by atoms with Crippen LogP contribution in [0.15, 0.2) is 18.2 Å². The molecule has 0 spiro atoms. The van der Waals surface area contributed by atoms with Crippen LogP contribution in [0.1, 0.15) is 55.7 Å². The molecule has 0 fully saturated rings. The highest BCUT2D eigenvalue weighted by molar-refractivity contribution is 5.31. The Hall–Kier alpha value is -0.860. The molecule has 1 aromatic carbocycles. The summed E-state index contributed by atoms with van der Waals surface area (Å²) in [5.74, 6) is 0.349. The number of aryl methyl sites for hydroxylation is 2. The molecular weight excluding hydrogens is 222 g/mol. The molecule has 3 atom stereocenters. The summed E-state index contributed by atoms with van der Waals surface area (Å²) >= 11 is 0. The molecule has 1 aromatic rings. The molecular formula is C16H27NO. The molecule has 0 bridgehead atoms. The number of benzene rings is 1. The van der Waals surface area contributed by atoms with Crippen molar-refractivity contribution in [3.63, 3.8) is 0 Å². The molecule has 0 saturated heterocycles. The van der Waals surface area contributed by atoms with Crippen molar-refractivity contribution in [1.82, 2.24) is 0 Å². The van der Waals surface area contributed by atoms with Gasteiger partial charge < -0.3 is 10.8 Å². The molecule has 1 rings (SSSR count). The summed E-state index contributed by atoms with van der Waals surface area (Å²) in [6.45, 7) is 8.51. The van der Waals surface area contributed by atoms with Gasteiger partial charge in [0.15, 0.2) is 0 Å². The third-order valence-corrected chi connectivity index (χ3v) is 3.81. The topological polar surface area (TPSA) is 46.2 Å². The van der Waals surface area contributed by atoms with Gasteiger partial charge in [-0.05, 0) is 49.3 Å². The Kier molecular flexibility index (Phi) is 5.83. The third kappa shape index (κ3) is 4.11. The standard InChI is InChI=1S/C16H27NO/c1-5-6-15(17)16(18)10-13(4)14-8-7-11(2)12(3)9-14/h7-9,13,15-16,18H,5-6,10,17H2,1-4H3. The average molecular weight is 249 g/mol. The zero-order chi connectivity index (χ0) is 13.7. The van der Waals surface area contributed by atoms with E-state index in [2.05, 4.69) is 45.9 Å². The normalized spacial score (nSPS) is 16.3. The summed E-state index contributed by atoms with van der Waals surface area (Å²) in [7, 11) is 0. The van der Waals surface area contributed by atoms with Crippen molar-refractivity contribution >= 4 is 0 Å². The molecule has 0 saturated carbocycles. The van der Waals surface area contributed by atoms with E-state index in [1.54, 1.807) is 0 Å². The second kappa shape index (κ2) is 6.91. The first-order valence-corrected chi connectivity index (χ1v) is 6.96. The van der Waals surface area contributed by atoms with Crippen LogP contribution >= 0.6 is 0 Å². The van der Waals surface area contributed by atoms with Gasteiger partial charge in [0, 0.05) is 6.04 Å². The molecule has 0 radical (unpaired) electrons. The van der Waals surface area contributed by atoms with E-state index < -0.39 is 6.10 Å². The van der Waals surface area contributed by atoms with E-state index in [4.69, 9.17) is 5.73 Å². The number of hydrogen-bond donors (Lipinski definition) is 2. The van der Waals surface area contributed by atoms with E-state index in [0.29, 0.717) is 5.92 Å². The minimum Gasteiger partial charge on any atom is -0.391 e. The second-order valence-corrected chi connectivity index (χ2v) is 5.50. The fraction of sp³-hybridized carbons (Fsp3) is 0.625. The maximum Gasteiger partial charge on any atom is 0.0696 e. The predicted molar refractivity (Wildman–Crippen MR) is 77.8 cm³/mol. The molecule has 18 heavy (non-hydrogen) atoms. The SMILES string of the molecule is CCCC(N)C(O)CC(C)c1ccc(C)c(C)c1. The van der Waals surface area contributed by atoms with Crippen LogP contribution in [0, 0.1) is 13.8 Å². The lowest BCUT2D eigenvalue weighted by Gasteiger charge is -2.22. The Morgan fingerprint density at radius 1 is 1.22 bits per heavy atom.